The lowest BCUT2D eigenvalue weighted by Crippen LogP contribution is -2.64. The Kier molecular flexibility index (Phi) is 12.2. The molecule has 3 heterocycles. The SMILES string of the molecule is CCC(O)C(=O)CCCC[C@@H]1NC(=O)[C@H]2CCCCN2C(=O)[C@H](C(C)CC)NC(=O)[C@H](Cc2cn(OC)c3ccccc23)NC1=O. The number of rotatable bonds is 12. The van der Waals surface area contributed by atoms with Crippen molar-refractivity contribution in [2.24, 2.45) is 5.92 Å². The molecule has 0 spiro atoms. The first-order valence-electron chi connectivity index (χ1n) is 16.6. The Morgan fingerprint density at radius 2 is 1.70 bits per heavy atom. The highest BCUT2D eigenvalue weighted by atomic mass is 16.6. The summed E-state index contributed by atoms with van der Waals surface area (Å²) in [6.07, 6.45) is 5.05. The number of fused-ring (bicyclic) bond motifs is 2. The Balaban J connectivity index is 1.66. The zero-order valence-corrected chi connectivity index (χ0v) is 27.4. The van der Waals surface area contributed by atoms with Crippen LogP contribution in [0.5, 0.6) is 0 Å². The van der Waals surface area contributed by atoms with Gasteiger partial charge in [-0.1, -0.05) is 51.8 Å². The summed E-state index contributed by atoms with van der Waals surface area (Å²) in [6.45, 7) is 5.96. The van der Waals surface area contributed by atoms with E-state index in [1.165, 1.54) is 0 Å². The molecule has 1 aromatic carbocycles. The minimum absolute atomic E-state index is 0.117. The summed E-state index contributed by atoms with van der Waals surface area (Å²) in [4.78, 5) is 74.9. The number of nitrogens with zero attached hydrogens (tertiary/aromatic N) is 2. The van der Waals surface area contributed by atoms with Gasteiger partial charge in [0.1, 0.15) is 37.4 Å². The fourth-order valence-electron chi connectivity index (χ4n) is 6.40. The lowest BCUT2D eigenvalue weighted by atomic mass is 9.93. The van der Waals surface area contributed by atoms with E-state index in [1.54, 1.807) is 29.9 Å². The Bertz CT molecular complexity index is 1410. The number of aliphatic hydroxyl groups excluding tert-OH is 1. The lowest BCUT2D eigenvalue weighted by Gasteiger charge is -2.39. The largest absolute Gasteiger partial charge is 0.417 e. The van der Waals surface area contributed by atoms with Crippen LogP contribution in [0.3, 0.4) is 0 Å². The second-order valence-electron chi connectivity index (χ2n) is 12.6. The number of hydrogen-bond donors (Lipinski definition) is 4. The summed E-state index contributed by atoms with van der Waals surface area (Å²) < 4.78 is 1.60. The van der Waals surface area contributed by atoms with Crippen LogP contribution in [0.1, 0.15) is 84.1 Å². The van der Waals surface area contributed by atoms with Gasteiger partial charge in [-0.3, -0.25) is 24.0 Å². The average Bonchev–Trinajstić information content (AvgIpc) is 3.43. The van der Waals surface area contributed by atoms with Crippen LogP contribution in [0.15, 0.2) is 30.5 Å². The van der Waals surface area contributed by atoms with Gasteiger partial charge in [0.05, 0.1) is 5.52 Å². The van der Waals surface area contributed by atoms with Crippen LogP contribution in [-0.2, 0) is 30.4 Å². The Hall–Kier alpha value is -3.93. The van der Waals surface area contributed by atoms with Crippen molar-refractivity contribution in [2.45, 2.75) is 115 Å². The van der Waals surface area contributed by atoms with E-state index in [-0.39, 0.29) is 36.9 Å². The third kappa shape index (κ3) is 8.07. The molecule has 4 rings (SSSR count). The van der Waals surface area contributed by atoms with Crippen molar-refractivity contribution in [2.75, 3.05) is 13.7 Å². The number of benzene rings is 1. The molecule has 0 radical (unpaired) electrons. The summed E-state index contributed by atoms with van der Waals surface area (Å²) in [7, 11) is 1.54. The Labute approximate surface area is 270 Å². The van der Waals surface area contributed by atoms with E-state index < -0.39 is 48.0 Å². The number of ketones is 1. The second kappa shape index (κ2) is 16.1. The van der Waals surface area contributed by atoms with Gasteiger partial charge in [-0.15, -0.1) is 0 Å². The minimum atomic E-state index is -1.06. The fourth-order valence-corrected chi connectivity index (χ4v) is 6.40. The quantitative estimate of drug-likeness (QED) is 0.259. The summed E-state index contributed by atoms with van der Waals surface area (Å²) in [6, 6.07) is 3.91. The van der Waals surface area contributed by atoms with E-state index in [0.717, 1.165) is 29.3 Å². The maximum atomic E-state index is 14.0. The highest BCUT2D eigenvalue weighted by Crippen LogP contribution is 2.24. The number of Topliss-reactive ketones (excluding diaryl/α,β-unsaturated/α-hetero) is 1. The Morgan fingerprint density at radius 1 is 0.978 bits per heavy atom. The smallest absolute Gasteiger partial charge is 0.246 e. The minimum Gasteiger partial charge on any atom is -0.417 e. The third-order valence-corrected chi connectivity index (χ3v) is 9.44. The molecule has 2 unspecified atom stereocenters. The number of aliphatic hydroxyl groups is 1. The van der Waals surface area contributed by atoms with Crippen LogP contribution in [0.25, 0.3) is 10.9 Å². The van der Waals surface area contributed by atoms with E-state index in [9.17, 15) is 29.1 Å². The molecule has 2 fully saturated rings. The molecule has 2 aliphatic heterocycles. The molecule has 0 bridgehead atoms. The van der Waals surface area contributed by atoms with Gasteiger partial charge in [0.15, 0.2) is 5.78 Å². The van der Waals surface area contributed by atoms with Gasteiger partial charge in [-0.2, -0.15) is 4.73 Å². The van der Waals surface area contributed by atoms with Gasteiger partial charge in [0, 0.05) is 31.0 Å². The normalized spacial score (nSPS) is 24.2. The van der Waals surface area contributed by atoms with Gasteiger partial charge in [-0.25, -0.2) is 0 Å². The number of nitrogens with one attached hydrogen (secondary N) is 3. The fraction of sp³-hybridized carbons (Fsp3) is 0.618. The Morgan fingerprint density at radius 3 is 2.41 bits per heavy atom. The maximum absolute atomic E-state index is 14.0. The lowest BCUT2D eigenvalue weighted by molar-refractivity contribution is -0.147. The number of carbonyl (C=O) groups excluding carboxylic acids is 5. The van der Waals surface area contributed by atoms with Crippen LogP contribution < -0.4 is 20.8 Å². The third-order valence-electron chi connectivity index (χ3n) is 9.44. The second-order valence-corrected chi connectivity index (χ2v) is 12.6. The summed E-state index contributed by atoms with van der Waals surface area (Å²) in [5.74, 6) is -2.17. The van der Waals surface area contributed by atoms with Crippen molar-refractivity contribution in [3.05, 3.63) is 36.0 Å². The van der Waals surface area contributed by atoms with Crippen LogP contribution >= 0.6 is 0 Å². The number of amides is 4. The number of unbranched alkanes of at least 4 members (excludes halogenated alkanes) is 1. The summed E-state index contributed by atoms with van der Waals surface area (Å²) >= 11 is 0. The molecular weight excluding hydrogens is 590 g/mol. The molecule has 6 atom stereocenters. The average molecular weight is 640 g/mol. The van der Waals surface area contributed by atoms with E-state index in [4.69, 9.17) is 4.84 Å². The first-order chi connectivity index (χ1) is 22.1. The monoisotopic (exact) mass is 639 g/mol. The first-order valence-corrected chi connectivity index (χ1v) is 16.6. The summed E-state index contributed by atoms with van der Waals surface area (Å²) in [5.41, 5.74) is 1.57. The molecule has 12 heteroatoms. The van der Waals surface area contributed by atoms with Crippen LogP contribution in [0.2, 0.25) is 0 Å². The van der Waals surface area contributed by atoms with E-state index in [0.29, 0.717) is 38.6 Å². The van der Waals surface area contributed by atoms with E-state index in [2.05, 4.69) is 16.0 Å². The molecule has 0 aliphatic carbocycles. The number of para-hydroxylation sites is 1. The zero-order valence-electron chi connectivity index (χ0n) is 27.4. The molecule has 2 aliphatic rings. The van der Waals surface area contributed by atoms with E-state index >= 15 is 0 Å². The van der Waals surface area contributed by atoms with Crippen LogP contribution in [0.4, 0.5) is 0 Å². The molecule has 2 aromatic rings. The number of carbonyl (C=O) groups is 5. The van der Waals surface area contributed by atoms with Crippen molar-refractivity contribution in [3.63, 3.8) is 0 Å². The number of aromatic nitrogens is 1. The molecule has 46 heavy (non-hydrogen) atoms. The number of piperidine rings is 1. The molecule has 12 nitrogen and oxygen atoms in total. The van der Waals surface area contributed by atoms with Gasteiger partial charge in [0.25, 0.3) is 0 Å². The van der Waals surface area contributed by atoms with Crippen LogP contribution in [-0.4, -0.2) is 88.1 Å². The standard InChI is InChI=1S/C34H49N5O7/c1-5-21(3)30-34(45)38-18-12-11-16-27(38)33(44)35-24(14-8-10-17-29(41)28(40)6-2)31(42)36-25(32(43)37-30)19-22-20-39(46-4)26-15-9-7-13-23(22)26/h7,9,13,15,20-21,24-25,27-28,30,40H,5-6,8,10-12,14,16-19H2,1-4H3,(H,35,44)(H,36,42)(H,37,43)/t21?,24-,25-,27+,28?,30-/m0/s1. The highest BCUT2D eigenvalue weighted by Gasteiger charge is 2.41. The topological polar surface area (TPSA) is 159 Å². The van der Waals surface area contributed by atoms with E-state index in [1.807, 2.05) is 38.1 Å². The van der Waals surface area contributed by atoms with Crippen LogP contribution in [0, 0.1) is 5.92 Å². The van der Waals surface area contributed by atoms with Gasteiger partial charge < -0.3 is 30.8 Å². The predicted molar refractivity (Wildman–Crippen MR) is 173 cm³/mol. The van der Waals surface area contributed by atoms with Gasteiger partial charge >= 0.3 is 0 Å². The first kappa shape index (κ1) is 34.9. The summed E-state index contributed by atoms with van der Waals surface area (Å²) in [5, 5.41) is 19.4. The van der Waals surface area contributed by atoms with Crippen molar-refractivity contribution >= 4 is 40.3 Å². The molecule has 2 saturated heterocycles. The number of hydrogen-bond acceptors (Lipinski definition) is 7. The maximum Gasteiger partial charge on any atom is 0.246 e. The molecule has 252 valence electrons. The zero-order chi connectivity index (χ0) is 33.4. The molecule has 4 N–H and O–H groups in total. The van der Waals surface area contributed by atoms with Gasteiger partial charge in [0.2, 0.25) is 23.6 Å². The van der Waals surface area contributed by atoms with Gasteiger partial charge in [-0.05, 0) is 56.1 Å². The van der Waals surface area contributed by atoms with Crippen molar-refractivity contribution in [3.8, 4) is 0 Å². The highest BCUT2D eigenvalue weighted by molar-refractivity contribution is 5.98. The molecule has 1 aromatic heterocycles. The molecular formula is C34H49N5O7. The van der Waals surface area contributed by atoms with Crippen molar-refractivity contribution in [1.82, 2.24) is 25.6 Å². The predicted octanol–water partition coefficient (Wildman–Crippen LogP) is 2.04. The molecule has 4 amide bonds. The molecule has 0 saturated carbocycles. The van der Waals surface area contributed by atoms with Crippen molar-refractivity contribution in [1.29, 1.82) is 0 Å². The van der Waals surface area contributed by atoms with Crippen molar-refractivity contribution < 1.29 is 33.9 Å².